The largest absolute Gasteiger partial charge is 0.120 e. The van der Waals surface area contributed by atoms with Gasteiger partial charge in [0.2, 0.25) is 0 Å². The molecule has 0 aliphatic heterocycles. The molecule has 0 aromatic carbocycles. The Morgan fingerprint density at radius 3 is 1.62 bits per heavy atom. The summed E-state index contributed by atoms with van der Waals surface area (Å²) in [6.45, 7) is 6.32. The van der Waals surface area contributed by atoms with Crippen LogP contribution in [0, 0.1) is 12.3 Å². The van der Waals surface area contributed by atoms with Gasteiger partial charge in [0.25, 0.3) is 0 Å². The third-order valence-electron chi connectivity index (χ3n) is 0.394. The summed E-state index contributed by atoms with van der Waals surface area (Å²) < 4.78 is 0. The first-order valence-electron chi connectivity index (χ1n) is 3.26. The molecule has 0 heterocycles. The zero-order valence-corrected chi connectivity index (χ0v) is 6.20. The lowest BCUT2D eigenvalue weighted by Gasteiger charge is -1.69. The topological polar surface area (TPSA) is 0 Å². The van der Waals surface area contributed by atoms with Crippen LogP contribution in [0.15, 0.2) is 0 Å². The van der Waals surface area contributed by atoms with Crippen LogP contribution >= 0.6 is 0 Å². The maximum absolute atomic E-state index is 4.89. The number of hydrogen-bond acceptors (Lipinski definition) is 0. The molecule has 0 aliphatic rings. The molecule has 0 saturated carbocycles. The molecule has 0 fully saturated rings. The lowest BCUT2D eigenvalue weighted by atomic mass is 10.4. The van der Waals surface area contributed by atoms with E-state index < -0.39 is 0 Å². The van der Waals surface area contributed by atoms with Crippen molar-refractivity contribution in [2.24, 2.45) is 0 Å². The van der Waals surface area contributed by atoms with Gasteiger partial charge in [-0.3, -0.25) is 0 Å². The third-order valence-corrected chi connectivity index (χ3v) is 0.394. The van der Waals surface area contributed by atoms with E-state index in [1.165, 1.54) is 6.42 Å². The van der Waals surface area contributed by atoms with Crippen LogP contribution in [0.2, 0.25) is 0 Å². The summed E-state index contributed by atoms with van der Waals surface area (Å²) in [4.78, 5) is 0. The minimum Gasteiger partial charge on any atom is -0.120 e. The maximum Gasteiger partial charge on any atom is 0.00834 e. The Morgan fingerprint density at radius 1 is 1.25 bits per heavy atom. The van der Waals surface area contributed by atoms with Gasteiger partial charge in [-0.05, 0) is 6.42 Å². The lowest BCUT2D eigenvalue weighted by Crippen LogP contribution is -1.53. The molecule has 0 amide bonds. The molecule has 0 spiro atoms. The van der Waals surface area contributed by atoms with Gasteiger partial charge < -0.3 is 0 Å². The molecule has 0 rings (SSSR count). The van der Waals surface area contributed by atoms with Crippen molar-refractivity contribution in [3.8, 4) is 12.3 Å². The van der Waals surface area contributed by atoms with Gasteiger partial charge in [0.15, 0.2) is 0 Å². The molecular formula is C8H16. The maximum atomic E-state index is 4.89. The highest BCUT2D eigenvalue weighted by atomic mass is 13.7. The molecule has 0 heteroatoms. The van der Waals surface area contributed by atoms with Gasteiger partial charge in [0.05, 0.1) is 0 Å². The fraction of sp³-hybridized carbons (Fsp3) is 0.750. The van der Waals surface area contributed by atoms with Crippen molar-refractivity contribution in [1.29, 1.82) is 0 Å². The molecule has 0 aromatic heterocycles. The Bertz CT molecular complexity index is 47.5. The van der Waals surface area contributed by atoms with Crippen molar-refractivity contribution in [2.45, 2.75) is 40.0 Å². The molecule has 8 heavy (non-hydrogen) atoms. The first kappa shape index (κ1) is 10.5. The molecular weight excluding hydrogens is 96.1 g/mol. The van der Waals surface area contributed by atoms with E-state index in [9.17, 15) is 0 Å². The Labute approximate surface area is 53.3 Å². The monoisotopic (exact) mass is 112 g/mol. The standard InChI is InChI=1S/C5H8.C3H8/c1-3-5-4-2;1-3-2/h1H,4-5H2,2H3;3H2,1-2H3. The molecule has 0 aromatic rings. The molecule has 0 N–H and O–H groups in total. The van der Waals surface area contributed by atoms with Crippen molar-refractivity contribution in [3.05, 3.63) is 0 Å². The second-order valence-electron chi connectivity index (χ2n) is 1.66. The van der Waals surface area contributed by atoms with Gasteiger partial charge in [-0.2, -0.15) is 0 Å². The van der Waals surface area contributed by atoms with Crippen LogP contribution in [-0.4, -0.2) is 0 Å². The van der Waals surface area contributed by atoms with E-state index in [0.717, 1.165) is 12.8 Å². The van der Waals surface area contributed by atoms with E-state index in [0.29, 0.717) is 0 Å². The number of unbranched alkanes of at least 4 members (excludes halogenated alkanes) is 1. The van der Waals surface area contributed by atoms with Gasteiger partial charge in [0, 0.05) is 6.42 Å². The Balaban J connectivity index is 0. The fourth-order valence-corrected chi connectivity index (χ4v) is 0.144. The highest BCUT2D eigenvalue weighted by Gasteiger charge is 1.61. The van der Waals surface area contributed by atoms with E-state index >= 15 is 0 Å². The van der Waals surface area contributed by atoms with Crippen molar-refractivity contribution < 1.29 is 0 Å². The summed E-state index contributed by atoms with van der Waals surface area (Å²) in [7, 11) is 0. The first-order chi connectivity index (χ1) is 3.83. The van der Waals surface area contributed by atoms with Crippen molar-refractivity contribution >= 4 is 0 Å². The predicted octanol–water partition coefficient (Wildman–Crippen LogP) is 2.84. The van der Waals surface area contributed by atoms with Gasteiger partial charge in [-0.15, -0.1) is 12.3 Å². The minimum atomic E-state index is 0.917. The van der Waals surface area contributed by atoms with Gasteiger partial charge in [0.1, 0.15) is 0 Å². The Hall–Kier alpha value is -0.440. The highest BCUT2D eigenvalue weighted by molar-refractivity contribution is 4.81. The minimum absolute atomic E-state index is 0.917. The molecule has 48 valence electrons. The van der Waals surface area contributed by atoms with Gasteiger partial charge in [-0.1, -0.05) is 27.2 Å². The summed E-state index contributed by atoms with van der Waals surface area (Å²) in [6, 6.07) is 0. The average molecular weight is 112 g/mol. The molecule has 0 atom stereocenters. The summed E-state index contributed by atoms with van der Waals surface area (Å²) in [6.07, 6.45) is 8.16. The summed E-state index contributed by atoms with van der Waals surface area (Å²) >= 11 is 0. The zero-order chi connectivity index (χ0) is 6.83. The van der Waals surface area contributed by atoms with Crippen LogP contribution in [-0.2, 0) is 0 Å². The Kier molecular flexibility index (Phi) is 21.0. The van der Waals surface area contributed by atoms with E-state index in [-0.39, 0.29) is 0 Å². The van der Waals surface area contributed by atoms with Crippen LogP contribution in [0.4, 0.5) is 0 Å². The van der Waals surface area contributed by atoms with Crippen LogP contribution < -0.4 is 0 Å². The van der Waals surface area contributed by atoms with Crippen molar-refractivity contribution in [3.63, 3.8) is 0 Å². The van der Waals surface area contributed by atoms with Crippen LogP contribution in [0.1, 0.15) is 40.0 Å². The SMILES string of the molecule is C#CCCC.CCC. The summed E-state index contributed by atoms with van der Waals surface area (Å²) in [5, 5.41) is 0. The third kappa shape index (κ3) is 47.5. The fourth-order valence-electron chi connectivity index (χ4n) is 0.144. The van der Waals surface area contributed by atoms with Crippen molar-refractivity contribution in [2.75, 3.05) is 0 Å². The van der Waals surface area contributed by atoms with E-state index in [1.54, 1.807) is 0 Å². The summed E-state index contributed by atoms with van der Waals surface area (Å²) in [5.74, 6) is 2.52. The van der Waals surface area contributed by atoms with Gasteiger partial charge >= 0.3 is 0 Å². The quantitative estimate of drug-likeness (QED) is 0.457. The molecule has 0 bridgehead atoms. The van der Waals surface area contributed by atoms with E-state index in [2.05, 4.69) is 26.7 Å². The van der Waals surface area contributed by atoms with Crippen LogP contribution in [0.5, 0.6) is 0 Å². The number of hydrogen-bond donors (Lipinski definition) is 0. The average Bonchev–Trinajstić information content (AvgIpc) is 1.71. The zero-order valence-electron chi connectivity index (χ0n) is 6.20. The summed E-state index contributed by atoms with van der Waals surface area (Å²) in [5.41, 5.74) is 0. The number of terminal acetylenes is 1. The molecule has 0 saturated heterocycles. The number of rotatable bonds is 1. The molecule has 0 radical (unpaired) electrons. The second-order valence-corrected chi connectivity index (χ2v) is 1.66. The highest BCUT2D eigenvalue weighted by Crippen LogP contribution is 1.77. The van der Waals surface area contributed by atoms with Crippen LogP contribution in [0.25, 0.3) is 0 Å². The van der Waals surface area contributed by atoms with Gasteiger partial charge in [-0.25, -0.2) is 0 Å². The van der Waals surface area contributed by atoms with Crippen LogP contribution in [0.3, 0.4) is 0 Å². The van der Waals surface area contributed by atoms with E-state index in [1.807, 2.05) is 0 Å². The Morgan fingerprint density at radius 2 is 1.62 bits per heavy atom. The first-order valence-corrected chi connectivity index (χ1v) is 3.26. The van der Waals surface area contributed by atoms with E-state index in [4.69, 9.17) is 6.42 Å². The normalized spacial score (nSPS) is 6.25. The molecule has 0 nitrogen and oxygen atoms in total. The molecule has 0 unspecified atom stereocenters. The second kappa shape index (κ2) is 16.0. The lowest BCUT2D eigenvalue weighted by molar-refractivity contribution is 0.984. The molecule has 0 aliphatic carbocycles. The smallest absolute Gasteiger partial charge is 0.00834 e. The van der Waals surface area contributed by atoms with Crippen molar-refractivity contribution in [1.82, 2.24) is 0 Å². The predicted molar refractivity (Wildman–Crippen MR) is 39.7 cm³/mol.